The molecule has 3 rings (SSSR count). The minimum absolute atomic E-state index is 0.0801. The minimum Gasteiger partial charge on any atom is -0.426 e. The first-order valence-corrected chi connectivity index (χ1v) is 8.58. The van der Waals surface area contributed by atoms with E-state index in [9.17, 15) is 9.59 Å². The highest BCUT2D eigenvalue weighted by molar-refractivity contribution is 6.32. The van der Waals surface area contributed by atoms with Crippen LogP contribution in [0.25, 0.3) is 0 Å². The van der Waals surface area contributed by atoms with Gasteiger partial charge in [-0.25, -0.2) is 9.79 Å². The van der Waals surface area contributed by atoms with Crippen LogP contribution in [0.1, 0.15) is 30.1 Å². The molecule has 1 aliphatic rings. The first-order chi connectivity index (χ1) is 12.8. The molecule has 1 fully saturated rings. The molecule has 0 heterocycles. The molecule has 1 aliphatic carbocycles. The molecule has 0 amide bonds. The lowest BCUT2D eigenvalue weighted by Gasteiger charge is -2.11. The zero-order chi connectivity index (χ0) is 19.6. The van der Waals surface area contributed by atoms with Gasteiger partial charge < -0.3 is 20.9 Å². The van der Waals surface area contributed by atoms with E-state index in [1.54, 1.807) is 18.2 Å². The van der Waals surface area contributed by atoms with Crippen LogP contribution in [0.15, 0.2) is 47.5 Å². The first-order valence-electron chi connectivity index (χ1n) is 8.20. The van der Waals surface area contributed by atoms with Crippen LogP contribution >= 0.6 is 11.6 Å². The van der Waals surface area contributed by atoms with E-state index in [4.69, 9.17) is 32.5 Å². The van der Waals surface area contributed by atoms with Crippen LogP contribution in [0.5, 0.6) is 11.5 Å². The Hall–Kier alpha value is -3.06. The van der Waals surface area contributed by atoms with E-state index in [2.05, 4.69) is 4.99 Å². The number of hydrogen-bond acceptors (Lipinski definition) is 5. The Labute approximate surface area is 160 Å². The van der Waals surface area contributed by atoms with E-state index in [1.807, 2.05) is 6.92 Å². The molecule has 0 saturated heterocycles. The van der Waals surface area contributed by atoms with Gasteiger partial charge in [-0.3, -0.25) is 4.79 Å². The third-order valence-electron chi connectivity index (χ3n) is 4.17. The Kier molecular flexibility index (Phi) is 5.05. The van der Waals surface area contributed by atoms with Crippen molar-refractivity contribution in [3.05, 3.63) is 53.1 Å². The summed E-state index contributed by atoms with van der Waals surface area (Å²) in [5.41, 5.74) is 11.0. The van der Waals surface area contributed by atoms with Gasteiger partial charge in [-0.15, -0.1) is 0 Å². The molecule has 7 nitrogen and oxygen atoms in total. The molecule has 1 saturated carbocycles. The van der Waals surface area contributed by atoms with Crippen molar-refractivity contribution >= 4 is 35.2 Å². The molecular formula is C19H18ClN3O4. The number of ether oxygens (including phenoxy) is 2. The smallest absolute Gasteiger partial charge is 0.343 e. The maximum absolute atomic E-state index is 12.3. The number of halogens is 1. The van der Waals surface area contributed by atoms with Crippen molar-refractivity contribution < 1.29 is 19.1 Å². The first kappa shape index (κ1) is 18.7. The second kappa shape index (κ2) is 7.28. The molecule has 27 heavy (non-hydrogen) atoms. The summed E-state index contributed by atoms with van der Waals surface area (Å²) in [5.74, 6) is -0.642. The van der Waals surface area contributed by atoms with Gasteiger partial charge in [0.15, 0.2) is 11.7 Å². The number of hydrogen-bond donors (Lipinski definition) is 2. The molecule has 0 spiro atoms. The van der Waals surface area contributed by atoms with Crippen LogP contribution in [-0.4, -0.2) is 17.9 Å². The molecule has 0 unspecified atom stereocenters. The van der Waals surface area contributed by atoms with Gasteiger partial charge in [0.25, 0.3) is 0 Å². The molecule has 2 aromatic rings. The monoisotopic (exact) mass is 387 g/mol. The standard InChI is InChI=1S/C19H18ClN3O4/c1-19(8-9-19)17(25)26-13-6-7-14(20)15(10-13)27-16(24)11-2-4-12(5-3-11)23-18(21)22/h2-7,10H,8-9H2,1H3,(H4,21,22,23). The molecule has 0 aromatic heterocycles. The van der Waals surface area contributed by atoms with Crippen molar-refractivity contribution in [2.75, 3.05) is 0 Å². The van der Waals surface area contributed by atoms with E-state index in [-0.39, 0.29) is 34.0 Å². The van der Waals surface area contributed by atoms with Crippen molar-refractivity contribution in [1.82, 2.24) is 0 Å². The minimum atomic E-state index is -0.620. The summed E-state index contributed by atoms with van der Waals surface area (Å²) in [6, 6.07) is 10.7. The van der Waals surface area contributed by atoms with E-state index in [1.165, 1.54) is 24.3 Å². The number of benzene rings is 2. The summed E-state index contributed by atoms with van der Waals surface area (Å²) in [5, 5.41) is 0.220. The fourth-order valence-electron chi connectivity index (χ4n) is 2.23. The van der Waals surface area contributed by atoms with Crippen molar-refractivity contribution in [2.24, 2.45) is 21.9 Å². The summed E-state index contributed by atoms with van der Waals surface area (Å²) in [4.78, 5) is 28.3. The summed E-state index contributed by atoms with van der Waals surface area (Å²) in [6.07, 6.45) is 1.61. The molecule has 140 valence electrons. The van der Waals surface area contributed by atoms with E-state index in [0.29, 0.717) is 5.69 Å². The van der Waals surface area contributed by atoms with Crippen LogP contribution in [-0.2, 0) is 4.79 Å². The Balaban J connectivity index is 1.72. The normalized spacial score (nSPS) is 14.1. The zero-order valence-electron chi connectivity index (χ0n) is 14.6. The Morgan fingerprint density at radius 2 is 1.74 bits per heavy atom. The van der Waals surface area contributed by atoms with Gasteiger partial charge in [0, 0.05) is 6.07 Å². The summed E-state index contributed by atoms with van der Waals surface area (Å²) >= 11 is 6.09. The van der Waals surface area contributed by atoms with Crippen LogP contribution in [0, 0.1) is 5.41 Å². The van der Waals surface area contributed by atoms with Crippen LogP contribution < -0.4 is 20.9 Å². The summed E-state index contributed by atoms with van der Waals surface area (Å²) in [7, 11) is 0. The number of carbonyl (C=O) groups is 2. The van der Waals surface area contributed by atoms with Gasteiger partial charge in [-0.2, -0.15) is 0 Å². The fraction of sp³-hybridized carbons (Fsp3) is 0.211. The Morgan fingerprint density at radius 3 is 2.33 bits per heavy atom. The third kappa shape index (κ3) is 4.57. The van der Waals surface area contributed by atoms with Crippen LogP contribution in [0.3, 0.4) is 0 Å². The fourth-order valence-corrected chi connectivity index (χ4v) is 2.38. The number of nitrogens with zero attached hydrogens (tertiary/aromatic N) is 1. The number of guanidine groups is 1. The number of carbonyl (C=O) groups excluding carboxylic acids is 2. The maximum atomic E-state index is 12.3. The molecule has 2 aromatic carbocycles. The maximum Gasteiger partial charge on any atom is 0.343 e. The summed E-state index contributed by atoms with van der Waals surface area (Å²) in [6.45, 7) is 1.85. The largest absolute Gasteiger partial charge is 0.426 e. The average molecular weight is 388 g/mol. The SMILES string of the molecule is CC1(C(=O)Oc2ccc(Cl)c(OC(=O)c3ccc(N=C(N)N)cc3)c2)CC1. The molecule has 8 heteroatoms. The van der Waals surface area contributed by atoms with E-state index < -0.39 is 11.4 Å². The van der Waals surface area contributed by atoms with Crippen molar-refractivity contribution in [3.63, 3.8) is 0 Å². The molecule has 0 bridgehead atoms. The van der Waals surface area contributed by atoms with E-state index >= 15 is 0 Å². The third-order valence-corrected chi connectivity index (χ3v) is 4.48. The van der Waals surface area contributed by atoms with Gasteiger partial charge in [0.05, 0.1) is 21.7 Å². The number of aliphatic imine (C=N–C) groups is 1. The summed E-state index contributed by atoms with van der Waals surface area (Å²) < 4.78 is 10.7. The number of esters is 2. The van der Waals surface area contributed by atoms with Crippen molar-refractivity contribution in [1.29, 1.82) is 0 Å². The van der Waals surface area contributed by atoms with Gasteiger partial charge in [0.2, 0.25) is 0 Å². The molecule has 0 aliphatic heterocycles. The predicted molar refractivity (Wildman–Crippen MR) is 101 cm³/mol. The average Bonchev–Trinajstić information content (AvgIpc) is 3.37. The quantitative estimate of drug-likeness (QED) is 0.352. The van der Waals surface area contributed by atoms with Crippen LogP contribution in [0.4, 0.5) is 5.69 Å². The molecular weight excluding hydrogens is 370 g/mol. The number of nitrogens with two attached hydrogens (primary N) is 2. The zero-order valence-corrected chi connectivity index (χ0v) is 15.3. The molecule has 0 radical (unpaired) electrons. The number of rotatable bonds is 5. The second-order valence-electron chi connectivity index (χ2n) is 6.52. The predicted octanol–water partition coefficient (Wildman–Crippen LogP) is 3.17. The van der Waals surface area contributed by atoms with Crippen LogP contribution in [0.2, 0.25) is 5.02 Å². The van der Waals surface area contributed by atoms with Crippen molar-refractivity contribution in [2.45, 2.75) is 19.8 Å². The Bertz CT molecular complexity index is 917. The van der Waals surface area contributed by atoms with Gasteiger partial charge in [0.1, 0.15) is 5.75 Å². The molecule has 4 N–H and O–H groups in total. The lowest BCUT2D eigenvalue weighted by atomic mass is 10.1. The van der Waals surface area contributed by atoms with E-state index in [0.717, 1.165) is 12.8 Å². The van der Waals surface area contributed by atoms with Gasteiger partial charge in [-0.1, -0.05) is 11.6 Å². The molecule has 0 atom stereocenters. The highest BCUT2D eigenvalue weighted by Gasteiger charge is 2.46. The lowest BCUT2D eigenvalue weighted by molar-refractivity contribution is -0.139. The van der Waals surface area contributed by atoms with Gasteiger partial charge >= 0.3 is 11.9 Å². The highest BCUT2D eigenvalue weighted by atomic mass is 35.5. The van der Waals surface area contributed by atoms with Crippen molar-refractivity contribution in [3.8, 4) is 11.5 Å². The lowest BCUT2D eigenvalue weighted by Crippen LogP contribution is -2.21. The topological polar surface area (TPSA) is 117 Å². The van der Waals surface area contributed by atoms with Gasteiger partial charge in [-0.05, 0) is 56.2 Å². The Morgan fingerprint density at radius 1 is 1.07 bits per heavy atom. The second-order valence-corrected chi connectivity index (χ2v) is 6.92. The highest BCUT2D eigenvalue weighted by Crippen LogP contribution is 2.46.